The number of para-hydroxylation sites is 1. The molecule has 0 spiro atoms. The molecule has 1 fully saturated rings. The van der Waals surface area contributed by atoms with Crippen LogP contribution in [0.15, 0.2) is 36.4 Å². The smallest absolute Gasteiger partial charge is 0.0727 e. The van der Waals surface area contributed by atoms with E-state index in [1.807, 2.05) is 18.2 Å². The van der Waals surface area contributed by atoms with Gasteiger partial charge in [-0.25, -0.2) is 0 Å². The van der Waals surface area contributed by atoms with Crippen LogP contribution < -0.4 is 0 Å². The van der Waals surface area contributed by atoms with Gasteiger partial charge in [0.15, 0.2) is 0 Å². The van der Waals surface area contributed by atoms with Crippen molar-refractivity contribution in [3.8, 4) is 0 Å². The molecule has 0 amide bonds. The minimum absolute atomic E-state index is 0.563. The third kappa shape index (κ3) is 3.25. The zero-order valence-corrected chi connectivity index (χ0v) is 12.9. The Hall–Kier alpha value is -1.45. The summed E-state index contributed by atoms with van der Waals surface area (Å²) < 4.78 is 0. The molecule has 0 radical (unpaired) electrons. The Balaban J connectivity index is 1.73. The van der Waals surface area contributed by atoms with Crippen LogP contribution in [0.25, 0.3) is 10.9 Å². The molecule has 1 aromatic heterocycles. The largest absolute Gasteiger partial charge is 0.389 e. The standard InChI is InChI=1S/C18H24N2O/c1-14(2)20-11-9-18(21,10-12-20)13-16-8-7-15-5-3-4-6-17(15)19-16/h3-8,14,21H,9-13H2,1-2H3. The van der Waals surface area contributed by atoms with Gasteiger partial charge in [0.25, 0.3) is 0 Å². The first-order valence-electron chi connectivity index (χ1n) is 7.87. The molecule has 0 unspecified atom stereocenters. The molecule has 3 heteroatoms. The van der Waals surface area contributed by atoms with E-state index in [4.69, 9.17) is 4.98 Å². The fourth-order valence-corrected chi connectivity index (χ4v) is 3.18. The molecule has 3 rings (SSSR count). The highest BCUT2D eigenvalue weighted by Gasteiger charge is 2.33. The van der Waals surface area contributed by atoms with E-state index in [1.165, 1.54) is 0 Å². The third-order valence-electron chi connectivity index (χ3n) is 4.63. The Labute approximate surface area is 126 Å². The van der Waals surface area contributed by atoms with Crippen molar-refractivity contribution < 1.29 is 5.11 Å². The number of likely N-dealkylation sites (tertiary alicyclic amines) is 1. The SMILES string of the molecule is CC(C)N1CCC(O)(Cc2ccc3ccccc3n2)CC1. The highest BCUT2D eigenvalue weighted by Crippen LogP contribution is 2.27. The van der Waals surface area contributed by atoms with E-state index in [9.17, 15) is 5.11 Å². The Morgan fingerprint density at radius 3 is 2.57 bits per heavy atom. The Bertz CT molecular complexity index is 615. The van der Waals surface area contributed by atoms with Crippen molar-refractivity contribution in [2.75, 3.05) is 13.1 Å². The van der Waals surface area contributed by atoms with Crippen molar-refractivity contribution in [3.63, 3.8) is 0 Å². The quantitative estimate of drug-likeness (QED) is 0.941. The summed E-state index contributed by atoms with van der Waals surface area (Å²) in [6, 6.07) is 12.9. The zero-order valence-electron chi connectivity index (χ0n) is 12.9. The summed E-state index contributed by atoms with van der Waals surface area (Å²) in [6.45, 7) is 6.38. The second-order valence-corrected chi connectivity index (χ2v) is 6.53. The molecule has 0 aliphatic carbocycles. The first-order valence-corrected chi connectivity index (χ1v) is 7.87. The van der Waals surface area contributed by atoms with Gasteiger partial charge in [0, 0.05) is 36.6 Å². The number of aliphatic hydroxyl groups is 1. The van der Waals surface area contributed by atoms with Crippen molar-refractivity contribution >= 4 is 10.9 Å². The molecule has 0 bridgehead atoms. The fraction of sp³-hybridized carbons (Fsp3) is 0.500. The Kier molecular flexibility index (Phi) is 3.96. The summed E-state index contributed by atoms with van der Waals surface area (Å²) in [4.78, 5) is 7.13. The summed E-state index contributed by atoms with van der Waals surface area (Å²) >= 11 is 0. The second kappa shape index (κ2) is 5.74. The van der Waals surface area contributed by atoms with Crippen molar-refractivity contribution in [1.29, 1.82) is 0 Å². The number of aromatic nitrogens is 1. The van der Waals surface area contributed by atoms with Crippen molar-refractivity contribution in [2.24, 2.45) is 0 Å². The van der Waals surface area contributed by atoms with Gasteiger partial charge in [0.1, 0.15) is 0 Å². The van der Waals surface area contributed by atoms with Crippen molar-refractivity contribution in [2.45, 2.75) is 44.8 Å². The van der Waals surface area contributed by atoms with Gasteiger partial charge in [-0.05, 0) is 38.8 Å². The van der Waals surface area contributed by atoms with Crippen molar-refractivity contribution in [3.05, 3.63) is 42.1 Å². The molecule has 112 valence electrons. The van der Waals surface area contributed by atoms with Crippen LogP contribution in [-0.4, -0.2) is 39.7 Å². The summed E-state index contributed by atoms with van der Waals surface area (Å²) in [5.41, 5.74) is 1.41. The first-order chi connectivity index (χ1) is 10.1. The van der Waals surface area contributed by atoms with Gasteiger partial charge in [-0.2, -0.15) is 0 Å². The third-order valence-corrected chi connectivity index (χ3v) is 4.63. The van der Waals surface area contributed by atoms with E-state index in [0.717, 1.165) is 42.5 Å². The van der Waals surface area contributed by atoms with Gasteiger partial charge < -0.3 is 10.0 Å². The van der Waals surface area contributed by atoms with Crippen molar-refractivity contribution in [1.82, 2.24) is 9.88 Å². The number of pyridine rings is 1. The van der Waals surface area contributed by atoms with Gasteiger partial charge in [0.2, 0.25) is 0 Å². The summed E-state index contributed by atoms with van der Waals surface area (Å²) in [5, 5.41) is 12.0. The number of benzene rings is 1. The molecule has 2 aromatic rings. The Morgan fingerprint density at radius 2 is 1.86 bits per heavy atom. The molecular weight excluding hydrogens is 260 g/mol. The maximum Gasteiger partial charge on any atom is 0.0727 e. The van der Waals surface area contributed by atoms with Gasteiger partial charge in [-0.15, -0.1) is 0 Å². The van der Waals surface area contributed by atoms with E-state index in [2.05, 4.69) is 36.9 Å². The molecule has 3 nitrogen and oxygen atoms in total. The average Bonchev–Trinajstić information content (AvgIpc) is 2.47. The zero-order chi connectivity index (χ0) is 14.9. The molecule has 1 saturated heterocycles. The van der Waals surface area contributed by atoms with Crippen LogP contribution >= 0.6 is 0 Å². The molecule has 1 aromatic carbocycles. The van der Waals surface area contributed by atoms with Crippen LogP contribution in [0.1, 0.15) is 32.4 Å². The minimum Gasteiger partial charge on any atom is -0.389 e. The lowest BCUT2D eigenvalue weighted by Gasteiger charge is -2.40. The van der Waals surface area contributed by atoms with Crippen LogP contribution in [0.4, 0.5) is 0 Å². The van der Waals surface area contributed by atoms with E-state index in [0.29, 0.717) is 12.5 Å². The molecule has 1 aliphatic rings. The van der Waals surface area contributed by atoms with Gasteiger partial charge in [-0.3, -0.25) is 4.98 Å². The van der Waals surface area contributed by atoms with Gasteiger partial charge in [0.05, 0.1) is 11.1 Å². The molecular formula is C18H24N2O. The number of hydrogen-bond donors (Lipinski definition) is 1. The lowest BCUT2D eigenvalue weighted by molar-refractivity contribution is -0.0277. The number of hydrogen-bond acceptors (Lipinski definition) is 3. The fourth-order valence-electron chi connectivity index (χ4n) is 3.18. The molecule has 1 N–H and O–H groups in total. The number of rotatable bonds is 3. The van der Waals surface area contributed by atoms with Gasteiger partial charge >= 0.3 is 0 Å². The topological polar surface area (TPSA) is 36.4 Å². The number of nitrogens with zero attached hydrogens (tertiary/aromatic N) is 2. The van der Waals surface area contributed by atoms with Crippen LogP contribution in [0.2, 0.25) is 0 Å². The predicted molar refractivity (Wildman–Crippen MR) is 86.3 cm³/mol. The van der Waals surface area contributed by atoms with E-state index >= 15 is 0 Å². The summed E-state index contributed by atoms with van der Waals surface area (Å²) in [7, 11) is 0. The van der Waals surface area contributed by atoms with Crippen LogP contribution in [-0.2, 0) is 6.42 Å². The normalized spacial score (nSPS) is 19.2. The average molecular weight is 284 g/mol. The number of fused-ring (bicyclic) bond motifs is 1. The monoisotopic (exact) mass is 284 g/mol. The number of piperidine rings is 1. The molecule has 21 heavy (non-hydrogen) atoms. The molecule has 0 saturated carbocycles. The highest BCUT2D eigenvalue weighted by molar-refractivity contribution is 5.78. The highest BCUT2D eigenvalue weighted by atomic mass is 16.3. The lowest BCUT2D eigenvalue weighted by atomic mass is 9.86. The molecule has 0 atom stereocenters. The van der Waals surface area contributed by atoms with Crippen LogP contribution in [0.3, 0.4) is 0 Å². The predicted octanol–water partition coefficient (Wildman–Crippen LogP) is 3.01. The maximum absolute atomic E-state index is 10.8. The molecule has 2 heterocycles. The molecule has 1 aliphatic heterocycles. The Morgan fingerprint density at radius 1 is 1.14 bits per heavy atom. The first kappa shape index (κ1) is 14.5. The van der Waals surface area contributed by atoms with E-state index < -0.39 is 5.60 Å². The van der Waals surface area contributed by atoms with E-state index in [1.54, 1.807) is 0 Å². The minimum atomic E-state index is -0.596. The second-order valence-electron chi connectivity index (χ2n) is 6.53. The van der Waals surface area contributed by atoms with E-state index in [-0.39, 0.29) is 0 Å². The summed E-state index contributed by atoms with van der Waals surface area (Å²) in [5.74, 6) is 0. The van der Waals surface area contributed by atoms with Crippen LogP contribution in [0.5, 0.6) is 0 Å². The van der Waals surface area contributed by atoms with Crippen LogP contribution in [0, 0.1) is 0 Å². The van der Waals surface area contributed by atoms with Gasteiger partial charge in [-0.1, -0.05) is 24.3 Å². The lowest BCUT2D eigenvalue weighted by Crippen LogP contribution is -2.47. The maximum atomic E-state index is 10.8. The summed E-state index contributed by atoms with van der Waals surface area (Å²) in [6.07, 6.45) is 2.32.